The summed E-state index contributed by atoms with van der Waals surface area (Å²) < 4.78 is 5.25. The SMILES string of the molecule is Cc1nnc(SCC(=O)N2C[C@H]3CC=CC[C@H]3C2)o1. The van der Waals surface area contributed by atoms with E-state index in [4.69, 9.17) is 4.42 Å². The van der Waals surface area contributed by atoms with Crippen molar-refractivity contribution in [1.29, 1.82) is 0 Å². The van der Waals surface area contributed by atoms with Crippen molar-refractivity contribution in [3.8, 4) is 0 Å². The number of amides is 1. The standard InChI is InChI=1S/C13H17N3O2S/c1-9-14-15-13(18-9)19-8-12(17)16-6-10-4-2-3-5-11(10)7-16/h2-3,10-11H,4-8H2,1H3/t10-,11+. The number of nitrogens with zero attached hydrogens (tertiary/aromatic N) is 3. The van der Waals surface area contributed by atoms with Crippen LogP contribution in [0.1, 0.15) is 18.7 Å². The molecule has 2 atom stereocenters. The van der Waals surface area contributed by atoms with Gasteiger partial charge in [-0.15, -0.1) is 10.2 Å². The van der Waals surface area contributed by atoms with Crippen LogP contribution in [-0.2, 0) is 4.79 Å². The molecule has 0 unspecified atom stereocenters. The van der Waals surface area contributed by atoms with Gasteiger partial charge in [-0.05, 0) is 24.7 Å². The lowest BCUT2D eigenvalue weighted by Gasteiger charge is -2.17. The number of rotatable bonds is 3. The topological polar surface area (TPSA) is 59.2 Å². The summed E-state index contributed by atoms with van der Waals surface area (Å²) in [6, 6.07) is 0. The lowest BCUT2D eigenvalue weighted by molar-refractivity contribution is -0.127. The van der Waals surface area contributed by atoms with Gasteiger partial charge in [0.25, 0.3) is 5.22 Å². The molecule has 102 valence electrons. The maximum atomic E-state index is 12.2. The van der Waals surface area contributed by atoms with Gasteiger partial charge in [-0.25, -0.2) is 0 Å². The quantitative estimate of drug-likeness (QED) is 0.624. The molecule has 0 bridgehead atoms. The highest BCUT2D eigenvalue weighted by Gasteiger charge is 2.34. The molecule has 1 saturated heterocycles. The van der Waals surface area contributed by atoms with Crippen molar-refractivity contribution in [2.45, 2.75) is 25.0 Å². The normalized spacial score (nSPS) is 25.6. The Morgan fingerprint density at radius 3 is 2.63 bits per heavy atom. The number of hydrogen-bond acceptors (Lipinski definition) is 5. The van der Waals surface area contributed by atoms with Crippen molar-refractivity contribution in [3.63, 3.8) is 0 Å². The molecule has 0 N–H and O–H groups in total. The van der Waals surface area contributed by atoms with Gasteiger partial charge in [0.2, 0.25) is 11.8 Å². The van der Waals surface area contributed by atoms with Crippen molar-refractivity contribution >= 4 is 17.7 Å². The zero-order valence-electron chi connectivity index (χ0n) is 10.9. The van der Waals surface area contributed by atoms with E-state index in [1.807, 2.05) is 4.90 Å². The van der Waals surface area contributed by atoms with Gasteiger partial charge >= 0.3 is 0 Å². The molecule has 2 aliphatic rings. The van der Waals surface area contributed by atoms with E-state index >= 15 is 0 Å². The molecule has 0 aromatic carbocycles. The lowest BCUT2D eigenvalue weighted by atomic mass is 9.86. The van der Waals surface area contributed by atoms with Crippen LogP contribution in [0.15, 0.2) is 21.8 Å². The second kappa shape index (κ2) is 5.36. The molecular weight excluding hydrogens is 262 g/mol. The monoisotopic (exact) mass is 279 g/mol. The van der Waals surface area contributed by atoms with Crippen molar-refractivity contribution in [2.75, 3.05) is 18.8 Å². The molecule has 1 aromatic rings. The summed E-state index contributed by atoms with van der Waals surface area (Å²) >= 11 is 1.32. The number of fused-ring (bicyclic) bond motifs is 1. The second-order valence-electron chi connectivity index (χ2n) is 5.14. The number of aromatic nitrogens is 2. The van der Waals surface area contributed by atoms with E-state index < -0.39 is 0 Å². The number of carbonyl (C=O) groups is 1. The zero-order chi connectivity index (χ0) is 13.2. The third-order valence-electron chi connectivity index (χ3n) is 3.80. The highest BCUT2D eigenvalue weighted by Crippen LogP contribution is 2.33. The highest BCUT2D eigenvalue weighted by molar-refractivity contribution is 7.99. The maximum absolute atomic E-state index is 12.2. The molecule has 0 radical (unpaired) electrons. The molecule has 1 amide bonds. The Balaban J connectivity index is 1.51. The first kappa shape index (κ1) is 12.7. The number of allylic oxidation sites excluding steroid dienone is 2. The summed E-state index contributed by atoms with van der Waals surface area (Å²) in [5, 5.41) is 8.11. The largest absolute Gasteiger partial charge is 0.416 e. The Morgan fingerprint density at radius 1 is 1.37 bits per heavy atom. The predicted octanol–water partition coefficient (Wildman–Crippen LogP) is 1.89. The fraction of sp³-hybridized carbons (Fsp3) is 0.615. The van der Waals surface area contributed by atoms with E-state index in [0.29, 0.717) is 28.7 Å². The Bertz CT molecular complexity index is 484. The van der Waals surface area contributed by atoms with E-state index in [0.717, 1.165) is 25.9 Å². The first-order valence-corrected chi connectivity index (χ1v) is 7.56. The van der Waals surface area contributed by atoms with E-state index in [2.05, 4.69) is 22.3 Å². The van der Waals surface area contributed by atoms with Crippen LogP contribution in [-0.4, -0.2) is 39.8 Å². The van der Waals surface area contributed by atoms with Crippen LogP contribution in [0.4, 0.5) is 0 Å². The molecule has 1 aliphatic carbocycles. The molecule has 6 heteroatoms. The summed E-state index contributed by atoms with van der Waals surface area (Å²) in [5.74, 6) is 2.41. The van der Waals surface area contributed by atoms with Gasteiger partial charge < -0.3 is 9.32 Å². The summed E-state index contributed by atoms with van der Waals surface area (Å²) in [4.78, 5) is 14.1. The molecule has 0 saturated carbocycles. The summed E-state index contributed by atoms with van der Waals surface area (Å²) in [7, 11) is 0. The van der Waals surface area contributed by atoms with Crippen LogP contribution < -0.4 is 0 Å². The number of hydrogen-bond donors (Lipinski definition) is 0. The van der Waals surface area contributed by atoms with Crippen molar-refractivity contribution < 1.29 is 9.21 Å². The summed E-state index contributed by atoms with van der Waals surface area (Å²) in [6.45, 7) is 3.55. The zero-order valence-corrected chi connectivity index (χ0v) is 11.7. The number of thioether (sulfide) groups is 1. The first-order valence-electron chi connectivity index (χ1n) is 6.58. The average molecular weight is 279 g/mol. The fourth-order valence-electron chi connectivity index (χ4n) is 2.77. The van der Waals surface area contributed by atoms with Gasteiger partial charge in [-0.1, -0.05) is 23.9 Å². The van der Waals surface area contributed by atoms with Crippen LogP contribution in [0.3, 0.4) is 0 Å². The van der Waals surface area contributed by atoms with Crippen LogP contribution in [0.5, 0.6) is 0 Å². The van der Waals surface area contributed by atoms with E-state index in [-0.39, 0.29) is 5.91 Å². The molecule has 5 nitrogen and oxygen atoms in total. The Kier molecular flexibility index (Phi) is 3.59. The third-order valence-corrected chi connectivity index (χ3v) is 4.60. The molecule has 19 heavy (non-hydrogen) atoms. The first-order chi connectivity index (χ1) is 9.22. The number of carbonyl (C=O) groups excluding carboxylic acids is 1. The Labute approximate surface area is 116 Å². The van der Waals surface area contributed by atoms with Gasteiger partial charge in [-0.3, -0.25) is 4.79 Å². The number of aryl methyl sites for hydroxylation is 1. The smallest absolute Gasteiger partial charge is 0.277 e. The van der Waals surface area contributed by atoms with Gasteiger partial charge in [0, 0.05) is 20.0 Å². The summed E-state index contributed by atoms with van der Waals surface area (Å²) in [5.41, 5.74) is 0. The Hall–Kier alpha value is -1.30. The molecule has 0 spiro atoms. The molecule has 3 rings (SSSR count). The fourth-order valence-corrected chi connectivity index (χ4v) is 3.48. The van der Waals surface area contributed by atoms with Crippen LogP contribution >= 0.6 is 11.8 Å². The van der Waals surface area contributed by atoms with Crippen molar-refractivity contribution in [3.05, 3.63) is 18.0 Å². The molecule has 1 fully saturated rings. The van der Waals surface area contributed by atoms with Gasteiger partial charge in [-0.2, -0.15) is 0 Å². The third kappa shape index (κ3) is 2.83. The highest BCUT2D eigenvalue weighted by atomic mass is 32.2. The van der Waals surface area contributed by atoms with E-state index in [9.17, 15) is 4.79 Å². The molecular formula is C13H17N3O2S. The van der Waals surface area contributed by atoms with Gasteiger partial charge in [0.05, 0.1) is 5.75 Å². The predicted molar refractivity (Wildman–Crippen MR) is 71.7 cm³/mol. The van der Waals surface area contributed by atoms with Crippen LogP contribution in [0.25, 0.3) is 0 Å². The summed E-state index contributed by atoms with van der Waals surface area (Å²) in [6.07, 6.45) is 6.71. The minimum atomic E-state index is 0.176. The number of likely N-dealkylation sites (tertiary alicyclic amines) is 1. The average Bonchev–Trinajstić information content (AvgIpc) is 3.01. The van der Waals surface area contributed by atoms with Crippen molar-refractivity contribution in [1.82, 2.24) is 15.1 Å². The maximum Gasteiger partial charge on any atom is 0.277 e. The van der Waals surface area contributed by atoms with Gasteiger partial charge in [0.15, 0.2) is 0 Å². The van der Waals surface area contributed by atoms with Gasteiger partial charge in [0.1, 0.15) is 0 Å². The minimum Gasteiger partial charge on any atom is -0.416 e. The molecule has 2 heterocycles. The van der Waals surface area contributed by atoms with Crippen LogP contribution in [0.2, 0.25) is 0 Å². The second-order valence-corrected chi connectivity index (χ2v) is 6.06. The lowest BCUT2D eigenvalue weighted by Crippen LogP contribution is -2.30. The van der Waals surface area contributed by atoms with E-state index in [1.165, 1.54) is 11.8 Å². The molecule has 1 aromatic heterocycles. The van der Waals surface area contributed by atoms with Crippen LogP contribution in [0, 0.1) is 18.8 Å². The minimum absolute atomic E-state index is 0.176. The van der Waals surface area contributed by atoms with E-state index in [1.54, 1.807) is 6.92 Å². The Morgan fingerprint density at radius 2 is 2.05 bits per heavy atom. The van der Waals surface area contributed by atoms with Crippen molar-refractivity contribution in [2.24, 2.45) is 11.8 Å². The molecule has 1 aliphatic heterocycles.